The van der Waals surface area contributed by atoms with Crippen molar-refractivity contribution >= 4 is 10.1 Å². The maximum absolute atomic E-state index is 8.06. The van der Waals surface area contributed by atoms with Crippen LogP contribution in [0.1, 0.15) is 0 Å². The maximum atomic E-state index is 8.06. The Balaban J connectivity index is -0.000000000833. The minimum atomic E-state index is 0. The molecule has 0 bridgehead atoms. The van der Waals surface area contributed by atoms with Crippen LogP contribution in [-0.2, 0) is 58.8 Å². The van der Waals surface area contributed by atoms with E-state index < -0.39 is 0 Å². The van der Waals surface area contributed by atoms with Gasteiger partial charge in [0.15, 0.2) is 0 Å². The van der Waals surface area contributed by atoms with E-state index in [-0.39, 0.29) is 54.4 Å². The van der Waals surface area contributed by atoms with E-state index in [1.807, 2.05) is 0 Å². The second-order valence-electron chi connectivity index (χ2n) is 0. The number of hydrogen-bond acceptors (Lipinski definition) is 1. The molecule has 0 aliphatic heterocycles. The summed E-state index contributed by atoms with van der Waals surface area (Å²) >= 11 is 0. The Labute approximate surface area is 68.7 Å². The Morgan fingerprint density at radius 2 is 0.833 bits per heavy atom. The van der Waals surface area contributed by atoms with Gasteiger partial charge in [0.1, 0.15) is 0 Å². The summed E-state index contributed by atoms with van der Waals surface area (Å²) in [5.41, 5.74) is 0. The molecule has 0 aliphatic rings. The molecule has 0 rings (SSSR count). The van der Waals surface area contributed by atoms with Crippen molar-refractivity contribution in [1.29, 1.82) is 0 Å². The molecular weight excluding hydrogens is 172 g/mol. The molecule has 0 N–H and O–H groups in total. The SMILES string of the molecule is O=[Si+2].[O-2].[O-2].[Ti+4].[Ti+4]. The summed E-state index contributed by atoms with van der Waals surface area (Å²) in [6, 6.07) is 0. The van der Waals surface area contributed by atoms with Gasteiger partial charge in [-0.25, -0.2) is 0 Å². The quantitative estimate of drug-likeness (QED) is 0.443. The van der Waals surface area contributed by atoms with Gasteiger partial charge in [0.05, 0.1) is 0 Å². The Kier molecular flexibility index (Phi) is 874. The van der Waals surface area contributed by atoms with Gasteiger partial charge in [0.25, 0.3) is 0 Å². The molecule has 0 saturated carbocycles. The van der Waals surface area contributed by atoms with Gasteiger partial charge in [-0.3, -0.25) is 0 Å². The largest absolute Gasteiger partial charge is 4.00 e. The molecule has 0 fully saturated rings. The van der Waals surface area contributed by atoms with E-state index in [1.54, 1.807) is 10.1 Å². The summed E-state index contributed by atoms with van der Waals surface area (Å²) in [5.74, 6) is 0. The van der Waals surface area contributed by atoms with Crippen molar-refractivity contribution in [3.8, 4) is 0 Å². The summed E-state index contributed by atoms with van der Waals surface area (Å²) in [4.78, 5) is 0. The van der Waals surface area contributed by atoms with Crippen molar-refractivity contribution in [2.75, 3.05) is 0 Å². The summed E-state index contributed by atoms with van der Waals surface area (Å²) in [6.45, 7) is 0. The van der Waals surface area contributed by atoms with Gasteiger partial charge in [-0.05, 0) is 0 Å². The first kappa shape index (κ1) is 53.3. The van der Waals surface area contributed by atoms with E-state index in [0.29, 0.717) is 0 Å². The van der Waals surface area contributed by atoms with Crippen molar-refractivity contribution in [1.82, 2.24) is 0 Å². The zero-order chi connectivity index (χ0) is 2.00. The Hall–Kier alpha value is 1.37. The molecule has 0 aromatic heterocycles. The third kappa shape index (κ3) is 54.8. The number of rotatable bonds is 0. The van der Waals surface area contributed by atoms with Gasteiger partial charge in [-0.2, -0.15) is 0 Å². The van der Waals surface area contributed by atoms with Crippen molar-refractivity contribution in [3.05, 3.63) is 0 Å². The normalized spacial score (nSPS) is 1.00. The fraction of sp³-hybridized carbons (Fsp3) is 0. The minimum absolute atomic E-state index is 0. The van der Waals surface area contributed by atoms with Crippen LogP contribution in [0.15, 0.2) is 0 Å². The van der Waals surface area contributed by atoms with E-state index in [9.17, 15) is 0 Å². The Morgan fingerprint density at radius 3 is 0.833 bits per heavy atom. The van der Waals surface area contributed by atoms with Gasteiger partial charge in [-0.15, -0.1) is 0 Å². The molecule has 0 unspecified atom stereocenters. The molecule has 0 heterocycles. The van der Waals surface area contributed by atoms with Gasteiger partial charge in [0.2, 0.25) is 0 Å². The summed E-state index contributed by atoms with van der Waals surface area (Å²) in [7, 11) is 1.72. The van der Waals surface area contributed by atoms with E-state index >= 15 is 0 Å². The fourth-order valence-corrected chi connectivity index (χ4v) is 0. The summed E-state index contributed by atoms with van der Waals surface area (Å²) in [5, 5.41) is 0. The average Bonchev–Trinajstić information content (AvgIpc) is 1.00. The molecule has 0 amide bonds. The third-order valence-corrected chi connectivity index (χ3v) is 0. The molecule has 24 valence electrons. The van der Waals surface area contributed by atoms with Crippen LogP contribution in [0, 0.1) is 0 Å². The van der Waals surface area contributed by atoms with Gasteiger partial charge in [-0.1, -0.05) is 0 Å². The second-order valence-corrected chi connectivity index (χ2v) is 0. The zero-order valence-corrected chi connectivity index (χ0v) is 6.85. The van der Waals surface area contributed by atoms with Gasteiger partial charge in [0, 0.05) is 0 Å². The van der Waals surface area contributed by atoms with Crippen LogP contribution in [0.3, 0.4) is 0 Å². The Bertz CT molecular complexity index is 8.75. The molecule has 0 aromatic carbocycles. The maximum Gasteiger partial charge on any atom is 4.00 e. The monoisotopic (exact) mass is 172 g/mol. The van der Waals surface area contributed by atoms with Crippen molar-refractivity contribution in [2.24, 2.45) is 0 Å². The molecule has 6 heavy (non-hydrogen) atoms. The van der Waals surface area contributed by atoms with Crippen LogP contribution in [0.5, 0.6) is 0 Å². The smallest absolute Gasteiger partial charge is 2.00 e. The molecule has 0 spiro atoms. The van der Waals surface area contributed by atoms with Gasteiger partial charge >= 0.3 is 58.0 Å². The fourth-order valence-electron chi connectivity index (χ4n) is 0. The van der Waals surface area contributed by atoms with E-state index in [4.69, 9.17) is 4.46 Å². The van der Waals surface area contributed by atoms with E-state index in [1.165, 1.54) is 0 Å². The van der Waals surface area contributed by atoms with Crippen LogP contribution in [0.2, 0.25) is 0 Å². The van der Waals surface area contributed by atoms with E-state index in [0.717, 1.165) is 0 Å². The molecule has 6 heteroatoms. The first-order valence-electron chi connectivity index (χ1n) is 0.204. The van der Waals surface area contributed by atoms with Crippen molar-refractivity contribution in [2.45, 2.75) is 0 Å². The molecule has 3 nitrogen and oxygen atoms in total. The number of hydrogen-bond donors (Lipinski definition) is 0. The first-order chi connectivity index (χ1) is 1.00. The predicted octanol–water partition coefficient (Wildman–Crippen LogP) is -0.742. The third-order valence-electron chi connectivity index (χ3n) is 0. The molecular formula is O3SiTi2+6. The van der Waals surface area contributed by atoms with Gasteiger partial charge < -0.3 is 11.0 Å². The van der Waals surface area contributed by atoms with Crippen molar-refractivity contribution < 1.29 is 58.8 Å². The minimum Gasteiger partial charge on any atom is -2.00 e. The molecule has 0 atom stereocenters. The Morgan fingerprint density at radius 1 is 0.833 bits per heavy atom. The molecule has 0 aliphatic carbocycles. The summed E-state index contributed by atoms with van der Waals surface area (Å²) < 4.78 is 8.06. The average molecular weight is 172 g/mol. The molecule has 0 saturated heterocycles. The second kappa shape index (κ2) is 98.3. The standard InChI is InChI=1S/OSi.2O.2Ti/c1-2;;;;/q+2;2*-2;2*+4. The van der Waals surface area contributed by atoms with Crippen LogP contribution < -0.4 is 0 Å². The van der Waals surface area contributed by atoms with Crippen LogP contribution in [-0.4, -0.2) is 10.1 Å². The zero-order valence-electron chi connectivity index (χ0n) is 2.72. The van der Waals surface area contributed by atoms with Crippen LogP contribution in [0.4, 0.5) is 0 Å². The van der Waals surface area contributed by atoms with E-state index in [2.05, 4.69) is 0 Å². The predicted molar refractivity (Wildman–Crippen MR) is 7.81 cm³/mol. The van der Waals surface area contributed by atoms with Crippen LogP contribution >= 0.6 is 0 Å². The summed E-state index contributed by atoms with van der Waals surface area (Å²) in [6.07, 6.45) is 0. The molecule has 0 aromatic rings. The van der Waals surface area contributed by atoms with Crippen LogP contribution in [0.25, 0.3) is 0 Å². The first-order valence-corrected chi connectivity index (χ1v) is 0.612. The molecule has 0 radical (unpaired) electrons. The topological polar surface area (TPSA) is 74.1 Å². The van der Waals surface area contributed by atoms with Crippen molar-refractivity contribution in [3.63, 3.8) is 0 Å².